The van der Waals surface area contributed by atoms with E-state index < -0.39 is 0 Å². The van der Waals surface area contributed by atoms with E-state index in [4.69, 9.17) is 14.7 Å². The number of ether oxygens (including phenoxy) is 2. The summed E-state index contributed by atoms with van der Waals surface area (Å²) < 4.78 is 10.7. The fraction of sp³-hybridized carbons (Fsp3) is 0.417. The Morgan fingerprint density at radius 2 is 2.20 bits per heavy atom. The number of hydrogen-bond donors (Lipinski definition) is 0. The lowest BCUT2D eigenvalue weighted by Crippen LogP contribution is -2.17. The fourth-order valence-electron chi connectivity index (χ4n) is 1.45. The van der Waals surface area contributed by atoms with Crippen LogP contribution in [0.3, 0.4) is 0 Å². The number of benzene rings is 1. The van der Waals surface area contributed by atoms with E-state index in [-0.39, 0.29) is 11.7 Å². The molecule has 0 spiro atoms. The Morgan fingerprint density at radius 3 is 2.80 bits per heavy atom. The van der Waals surface area contributed by atoms with E-state index in [0.717, 1.165) is 5.56 Å². The standard InChI is InChI=1S/C12H13NO2/c1-12(11(7-13)15-12)9-14-8-10-5-3-2-4-6-10/h2-6,11H,8-9H2,1H3. The molecule has 1 heterocycles. The highest BCUT2D eigenvalue weighted by Gasteiger charge is 2.53. The first-order valence-corrected chi connectivity index (χ1v) is 4.94. The van der Waals surface area contributed by atoms with E-state index in [0.29, 0.717) is 13.2 Å². The highest BCUT2D eigenvalue weighted by molar-refractivity contribution is 5.14. The largest absolute Gasteiger partial charge is 0.374 e. The van der Waals surface area contributed by atoms with Crippen molar-refractivity contribution >= 4 is 0 Å². The third-order valence-corrected chi connectivity index (χ3v) is 2.50. The van der Waals surface area contributed by atoms with E-state index in [1.807, 2.05) is 37.3 Å². The van der Waals surface area contributed by atoms with Gasteiger partial charge in [0.15, 0.2) is 6.10 Å². The third kappa shape index (κ3) is 2.35. The smallest absolute Gasteiger partial charge is 0.175 e. The molecule has 1 saturated heterocycles. The number of rotatable bonds is 4. The molecule has 2 rings (SSSR count). The quantitative estimate of drug-likeness (QED) is 0.702. The minimum absolute atomic E-state index is 0.298. The summed E-state index contributed by atoms with van der Waals surface area (Å²) in [4.78, 5) is 0. The van der Waals surface area contributed by atoms with Gasteiger partial charge in [-0.2, -0.15) is 5.26 Å². The lowest BCUT2D eigenvalue weighted by Gasteiger charge is -2.06. The number of nitrogens with zero attached hydrogens (tertiary/aromatic N) is 1. The third-order valence-electron chi connectivity index (χ3n) is 2.50. The minimum atomic E-state index is -0.385. The number of epoxide rings is 1. The summed E-state index contributed by atoms with van der Waals surface area (Å²) >= 11 is 0. The van der Waals surface area contributed by atoms with Crippen LogP contribution in [0, 0.1) is 11.3 Å². The van der Waals surface area contributed by atoms with Gasteiger partial charge >= 0.3 is 0 Å². The van der Waals surface area contributed by atoms with Crippen molar-refractivity contribution in [2.24, 2.45) is 0 Å². The monoisotopic (exact) mass is 203 g/mol. The second-order valence-corrected chi connectivity index (χ2v) is 3.92. The van der Waals surface area contributed by atoms with Gasteiger partial charge in [0.1, 0.15) is 5.60 Å². The van der Waals surface area contributed by atoms with E-state index in [1.54, 1.807) is 0 Å². The molecule has 0 saturated carbocycles. The van der Waals surface area contributed by atoms with Crippen LogP contribution >= 0.6 is 0 Å². The van der Waals surface area contributed by atoms with Crippen molar-refractivity contribution < 1.29 is 9.47 Å². The van der Waals surface area contributed by atoms with Gasteiger partial charge in [0, 0.05) is 0 Å². The molecule has 3 nitrogen and oxygen atoms in total. The summed E-state index contributed by atoms with van der Waals surface area (Å²) in [7, 11) is 0. The molecule has 1 aromatic rings. The Kier molecular flexibility index (Phi) is 2.72. The van der Waals surface area contributed by atoms with Gasteiger partial charge in [-0.3, -0.25) is 0 Å². The van der Waals surface area contributed by atoms with E-state index in [1.165, 1.54) is 0 Å². The summed E-state index contributed by atoms with van der Waals surface area (Å²) in [5.41, 5.74) is 0.749. The molecule has 3 heteroatoms. The number of nitriles is 1. The van der Waals surface area contributed by atoms with E-state index >= 15 is 0 Å². The number of hydrogen-bond acceptors (Lipinski definition) is 3. The highest BCUT2D eigenvalue weighted by atomic mass is 16.6. The first-order chi connectivity index (χ1) is 7.24. The molecule has 0 aromatic heterocycles. The van der Waals surface area contributed by atoms with E-state index in [2.05, 4.69) is 6.07 Å². The molecular formula is C12H13NO2. The van der Waals surface area contributed by atoms with Gasteiger partial charge in [0.05, 0.1) is 19.3 Å². The van der Waals surface area contributed by atoms with Gasteiger partial charge in [-0.05, 0) is 12.5 Å². The van der Waals surface area contributed by atoms with Crippen LogP contribution in [0.15, 0.2) is 30.3 Å². The lowest BCUT2D eigenvalue weighted by molar-refractivity contribution is 0.0742. The van der Waals surface area contributed by atoms with Crippen LogP contribution in [0.4, 0.5) is 0 Å². The molecule has 0 aliphatic carbocycles. The average Bonchev–Trinajstić information content (AvgIpc) is 2.91. The van der Waals surface area contributed by atoms with Crippen molar-refractivity contribution in [2.75, 3.05) is 6.61 Å². The van der Waals surface area contributed by atoms with Gasteiger partial charge in [0.25, 0.3) is 0 Å². The van der Waals surface area contributed by atoms with Crippen LogP contribution in [-0.2, 0) is 16.1 Å². The molecular weight excluding hydrogens is 190 g/mol. The van der Waals surface area contributed by atoms with Crippen LogP contribution in [0.5, 0.6) is 0 Å². The molecule has 1 aliphatic heterocycles. The molecule has 0 radical (unpaired) electrons. The normalized spacial score (nSPS) is 28.4. The zero-order valence-corrected chi connectivity index (χ0v) is 8.64. The first-order valence-electron chi connectivity index (χ1n) is 4.94. The Balaban J connectivity index is 1.75. The Labute approximate surface area is 89.2 Å². The van der Waals surface area contributed by atoms with Crippen molar-refractivity contribution in [3.63, 3.8) is 0 Å². The van der Waals surface area contributed by atoms with Gasteiger partial charge < -0.3 is 9.47 Å². The van der Waals surface area contributed by atoms with Gasteiger partial charge in [-0.15, -0.1) is 0 Å². The summed E-state index contributed by atoms with van der Waals surface area (Å²) in [5.74, 6) is 0. The summed E-state index contributed by atoms with van der Waals surface area (Å²) in [5, 5.41) is 8.63. The predicted molar refractivity (Wildman–Crippen MR) is 55.0 cm³/mol. The van der Waals surface area contributed by atoms with Crippen LogP contribution < -0.4 is 0 Å². The zero-order valence-electron chi connectivity index (χ0n) is 8.64. The SMILES string of the molecule is CC1(COCc2ccccc2)OC1C#N. The molecule has 0 N–H and O–H groups in total. The lowest BCUT2D eigenvalue weighted by atomic mass is 10.1. The Bertz CT molecular complexity index is 371. The van der Waals surface area contributed by atoms with E-state index in [9.17, 15) is 0 Å². The van der Waals surface area contributed by atoms with Crippen molar-refractivity contribution in [2.45, 2.75) is 25.2 Å². The topological polar surface area (TPSA) is 45.5 Å². The molecule has 2 unspecified atom stereocenters. The molecule has 1 aliphatic rings. The van der Waals surface area contributed by atoms with Crippen molar-refractivity contribution in [1.29, 1.82) is 5.26 Å². The molecule has 78 valence electrons. The van der Waals surface area contributed by atoms with Crippen LogP contribution in [0.1, 0.15) is 12.5 Å². The Hall–Kier alpha value is -1.37. The second-order valence-electron chi connectivity index (χ2n) is 3.92. The zero-order chi connectivity index (χ0) is 10.7. The van der Waals surface area contributed by atoms with Crippen molar-refractivity contribution in [1.82, 2.24) is 0 Å². The molecule has 0 bridgehead atoms. The highest BCUT2D eigenvalue weighted by Crippen LogP contribution is 2.35. The molecule has 0 amide bonds. The van der Waals surface area contributed by atoms with Gasteiger partial charge in [-0.1, -0.05) is 30.3 Å². The molecule has 1 aromatic carbocycles. The van der Waals surface area contributed by atoms with Crippen LogP contribution in [0.25, 0.3) is 0 Å². The maximum atomic E-state index is 8.63. The summed E-state index contributed by atoms with van der Waals surface area (Å²) in [6.07, 6.45) is -0.298. The van der Waals surface area contributed by atoms with Crippen molar-refractivity contribution in [3.8, 4) is 6.07 Å². The fourth-order valence-corrected chi connectivity index (χ4v) is 1.45. The first kappa shape index (κ1) is 10.2. The summed E-state index contributed by atoms with van der Waals surface area (Å²) in [6.45, 7) is 2.93. The maximum Gasteiger partial charge on any atom is 0.175 e. The molecule has 15 heavy (non-hydrogen) atoms. The Morgan fingerprint density at radius 1 is 1.47 bits per heavy atom. The van der Waals surface area contributed by atoms with Crippen LogP contribution in [-0.4, -0.2) is 18.3 Å². The molecule has 1 fully saturated rings. The average molecular weight is 203 g/mol. The minimum Gasteiger partial charge on any atom is -0.374 e. The van der Waals surface area contributed by atoms with Gasteiger partial charge in [0.2, 0.25) is 0 Å². The second kappa shape index (κ2) is 4.01. The van der Waals surface area contributed by atoms with Crippen LogP contribution in [0.2, 0.25) is 0 Å². The summed E-state index contributed by atoms with van der Waals surface area (Å²) in [6, 6.07) is 12.0. The predicted octanol–water partition coefficient (Wildman–Crippen LogP) is 1.88. The van der Waals surface area contributed by atoms with Gasteiger partial charge in [-0.25, -0.2) is 0 Å². The maximum absolute atomic E-state index is 8.63. The molecule has 2 atom stereocenters. The van der Waals surface area contributed by atoms with Crippen molar-refractivity contribution in [3.05, 3.63) is 35.9 Å².